The summed E-state index contributed by atoms with van der Waals surface area (Å²) in [6.07, 6.45) is 3.63. The third-order valence-corrected chi connectivity index (χ3v) is 28.2. The quantitative estimate of drug-likeness (QED) is 0.0359. The number of Topliss-reactive ketones (excluding diaryl/α,β-unsaturated/α-hetero) is 4. The summed E-state index contributed by atoms with van der Waals surface area (Å²) in [5, 5.41) is 40.2. The molecule has 4 atom stereocenters. The van der Waals surface area contributed by atoms with E-state index in [-0.39, 0.29) is 112 Å². The summed E-state index contributed by atoms with van der Waals surface area (Å²) in [6.45, 7) is 2.49. The van der Waals surface area contributed by atoms with Gasteiger partial charge in [-0.05, 0) is 129 Å². The van der Waals surface area contributed by atoms with Gasteiger partial charge in [0.1, 0.15) is 112 Å². The Morgan fingerprint density at radius 2 is 0.750 bits per heavy atom. The molecule has 21 rings (SSSR count). The topological polar surface area (TPSA) is 323 Å². The van der Waals surface area contributed by atoms with Gasteiger partial charge in [-0.15, -0.1) is 45.3 Å². The van der Waals surface area contributed by atoms with E-state index in [2.05, 4.69) is 75.7 Å². The van der Waals surface area contributed by atoms with Crippen molar-refractivity contribution in [1.29, 1.82) is 0 Å². The van der Waals surface area contributed by atoms with E-state index in [4.69, 9.17) is 9.72 Å². The third kappa shape index (κ3) is 20.1. The molecule has 0 N–H and O–H groups in total. The Labute approximate surface area is 783 Å². The lowest BCUT2D eigenvalue weighted by molar-refractivity contribution is 0.0935. The molecule has 44 heteroatoms. The molecule has 4 aliphatic heterocycles. The molecule has 0 saturated heterocycles. The lowest BCUT2D eigenvalue weighted by Gasteiger charge is -2.21. The molecule has 0 bridgehead atoms. The van der Waals surface area contributed by atoms with Crippen LogP contribution in [0.4, 0.5) is 48.3 Å². The second kappa shape index (κ2) is 39.8. The normalized spacial score (nSPS) is 16.1. The highest BCUT2D eigenvalue weighted by molar-refractivity contribution is 7.15. The molecule has 0 radical (unpaired) electrons. The number of halogens is 11. The van der Waals surface area contributed by atoms with Crippen LogP contribution in [-0.4, -0.2) is 148 Å². The molecule has 1 saturated carbocycles. The summed E-state index contributed by atoms with van der Waals surface area (Å²) in [5.41, 5.74) is 4.86. The molecular formula is C92H83F11N24O5S4. The Morgan fingerprint density at radius 3 is 1.12 bits per heavy atom. The number of rotatable bonds is 26. The Bertz CT molecular complexity index is 7070. The second-order valence-corrected chi connectivity index (χ2v) is 37.1. The monoisotopic (exact) mass is 1940 g/mol. The predicted octanol–water partition coefficient (Wildman–Crippen LogP) is 19.6. The molecule has 136 heavy (non-hydrogen) atoms. The fraction of sp³-hybridized carbons (Fsp3) is 0.348. The average Bonchev–Trinajstić information content (AvgIpc) is 1.61. The summed E-state index contributed by atoms with van der Waals surface area (Å²) in [6, 6.07) is 26.1. The van der Waals surface area contributed by atoms with Gasteiger partial charge in [0.25, 0.3) is 25.7 Å². The van der Waals surface area contributed by atoms with Crippen molar-refractivity contribution in [2.75, 3.05) is 7.11 Å². The number of ketones is 4. The van der Waals surface area contributed by atoms with E-state index in [1.165, 1.54) is 95.1 Å². The highest BCUT2D eigenvalue weighted by Gasteiger charge is 2.38. The zero-order chi connectivity index (χ0) is 95.0. The first kappa shape index (κ1) is 92.9. The van der Waals surface area contributed by atoms with Crippen molar-refractivity contribution < 1.29 is 72.2 Å². The van der Waals surface area contributed by atoms with Crippen molar-refractivity contribution in [3.63, 3.8) is 0 Å². The molecule has 0 spiro atoms. The van der Waals surface area contributed by atoms with Crippen LogP contribution in [0.2, 0.25) is 0 Å². The van der Waals surface area contributed by atoms with Crippen molar-refractivity contribution in [2.45, 2.75) is 148 Å². The van der Waals surface area contributed by atoms with Crippen molar-refractivity contribution in [3.8, 4) is 93.6 Å². The molecule has 702 valence electrons. The molecule has 4 aromatic carbocycles. The first-order chi connectivity index (χ1) is 65.6. The number of hydrogen-bond acceptors (Lipinski definition) is 25. The first-order valence-corrected chi connectivity index (χ1v) is 46.9. The first-order valence-electron chi connectivity index (χ1n) is 43.5. The number of fused-ring (bicyclic) bond motifs is 4. The van der Waals surface area contributed by atoms with Crippen LogP contribution in [0.25, 0.3) is 87.8 Å². The number of aromatic nitrogens is 24. The Morgan fingerprint density at radius 1 is 0.382 bits per heavy atom. The fourth-order valence-electron chi connectivity index (χ4n) is 17.3. The van der Waals surface area contributed by atoms with Gasteiger partial charge in [-0.3, -0.25) is 37.9 Å². The summed E-state index contributed by atoms with van der Waals surface area (Å²) >= 11 is 4.48. The van der Waals surface area contributed by atoms with E-state index in [1.807, 2.05) is 33.6 Å². The Balaban J connectivity index is 0.000000121. The number of carbonyl (C=O) groups is 4. The zero-order valence-corrected chi connectivity index (χ0v) is 76.5. The van der Waals surface area contributed by atoms with Crippen molar-refractivity contribution in [3.05, 3.63) is 229 Å². The number of carbonyl (C=O) groups excluding carboxylic acids is 4. The van der Waals surface area contributed by atoms with E-state index in [0.717, 1.165) is 101 Å². The maximum absolute atomic E-state index is 14.1. The van der Waals surface area contributed by atoms with Crippen LogP contribution in [0.15, 0.2) is 138 Å². The largest absolute Gasteiger partial charge is 0.496 e. The Hall–Kier alpha value is -13.5. The van der Waals surface area contributed by atoms with E-state index in [9.17, 15) is 67.5 Å². The minimum absolute atomic E-state index is 0.0262. The number of nitrogens with zero attached hydrogens (tertiary/aromatic N) is 24. The van der Waals surface area contributed by atoms with E-state index >= 15 is 0 Å². The smallest absolute Gasteiger partial charge is 0.281 e. The van der Waals surface area contributed by atoms with Crippen LogP contribution < -0.4 is 4.74 Å². The fourth-order valence-corrected chi connectivity index (χ4v) is 21.0. The number of aryl methyl sites for hydroxylation is 8. The molecule has 12 aromatic heterocycles. The van der Waals surface area contributed by atoms with Gasteiger partial charge < -0.3 is 4.74 Å². The van der Waals surface area contributed by atoms with Crippen LogP contribution in [-0.2, 0) is 80.1 Å². The summed E-state index contributed by atoms with van der Waals surface area (Å²) in [4.78, 5) is 88.2. The van der Waals surface area contributed by atoms with Gasteiger partial charge in [-0.1, -0.05) is 36.4 Å². The van der Waals surface area contributed by atoms with Crippen molar-refractivity contribution in [2.24, 2.45) is 51.9 Å². The summed E-state index contributed by atoms with van der Waals surface area (Å²) in [7, 11) is 8.28. The summed E-state index contributed by atoms with van der Waals surface area (Å²) in [5.74, 6) is 4.62. The van der Waals surface area contributed by atoms with Gasteiger partial charge in [0.05, 0.1) is 65.3 Å². The lowest BCUT2D eigenvalue weighted by atomic mass is 9.91. The Kier molecular flexibility index (Phi) is 27.2. The van der Waals surface area contributed by atoms with Gasteiger partial charge >= 0.3 is 0 Å². The molecule has 29 nitrogen and oxygen atoms in total. The van der Waals surface area contributed by atoms with Crippen LogP contribution in [0, 0.1) is 41.1 Å². The van der Waals surface area contributed by atoms with Crippen LogP contribution in [0.5, 0.6) is 5.75 Å². The number of alkyl halides is 8. The van der Waals surface area contributed by atoms with Gasteiger partial charge in [-0.2, -0.15) is 40.8 Å². The van der Waals surface area contributed by atoms with Gasteiger partial charge in [0.15, 0.2) is 46.4 Å². The maximum atomic E-state index is 14.1. The number of thiazole rings is 4. The summed E-state index contributed by atoms with van der Waals surface area (Å²) < 4.78 is 165. The number of hydrogen-bond donors (Lipinski definition) is 0. The van der Waals surface area contributed by atoms with Gasteiger partial charge in [0.2, 0.25) is 0 Å². The number of methoxy groups -OCH3 is 1. The second-order valence-electron chi connectivity index (χ2n) is 33.5. The molecule has 16 heterocycles. The van der Waals surface area contributed by atoms with Crippen LogP contribution >= 0.6 is 45.3 Å². The molecule has 1 aliphatic carbocycles. The molecule has 16 aromatic rings. The molecule has 0 amide bonds. The maximum Gasteiger partial charge on any atom is 0.281 e. The highest BCUT2D eigenvalue weighted by Crippen LogP contribution is 2.49. The number of ether oxygens (including phenoxy) is 1. The predicted molar refractivity (Wildman–Crippen MR) is 480 cm³/mol. The van der Waals surface area contributed by atoms with Crippen LogP contribution in [0.3, 0.4) is 0 Å². The molecular weight excluding hydrogens is 1860 g/mol. The van der Waals surface area contributed by atoms with Crippen molar-refractivity contribution in [1.82, 2.24) is 118 Å². The number of para-hydroxylation sites is 1. The van der Waals surface area contributed by atoms with Gasteiger partial charge in [-0.25, -0.2) is 107 Å². The minimum Gasteiger partial charge on any atom is -0.496 e. The molecule has 5 aliphatic rings. The zero-order valence-electron chi connectivity index (χ0n) is 73.3. The lowest BCUT2D eigenvalue weighted by Crippen LogP contribution is -2.23. The molecule has 4 unspecified atom stereocenters. The van der Waals surface area contributed by atoms with Gasteiger partial charge in [0, 0.05) is 138 Å². The minimum atomic E-state index is -2.67. The number of benzene rings is 4. The van der Waals surface area contributed by atoms with Crippen molar-refractivity contribution >= 4 is 68.5 Å². The third-order valence-electron chi connectivity index (χ3n) is 24.2. The van der Waals surface area contributed by atoms with E-state index in [0.29, 0.717) is 174 Å². The molecule has 1 fully saturated rings. The van der Waals surface area contributed by atoms with Crippen LogP contribution in [0.1, 0.15) is 189 Å². The highest BCUT2D eigenvalue weighted by atomic mass is 32.1. The average molecular weight is 1940 g/mol. The standard InChI is InChI=1S/C25H23F3N6OS.C23H22F2N6O2S.2C22H19F3N6OS/c1-33-21(17(12-29-33)25-31-20(23(27)28)22(36-25)14-2-3-14)18(35)10-13-8-9-34-19(11-13)30-24(32-34)15-4-6-16(26)7-5-15;1-30-20(15(11-26-30)23-27-16(12-34-23)21(24)25)17(32)9-13-7-8-31-19(10-13)28-22(29-31)14-5-3-4-6-18(14)33-2;1-30-19(15(10-26-30)22-27-16(11-33-22)20(24)25)17(32)7-12-5-6-31-18(8-12)28-21(29-31)13-3-2-4-14(23)9-13;1-30-19(14(10-26-30)22-27-16(11-33-22)20(24)25)17(32)8-12-6-7-31-18(9-12)28-21(29-31)13-4-2-3-5-15(13)23/h4-7,12-14,23H,2-3,8-11H2,1H3;3-6,11-13,21H,7-10H2,1-2H3;2-4,9-12,20H,5-8H2,1H3;2-5,10-12,20H,6-9H2,1H3. The van der Waals surface area contributed by atoms with E-state index < -0.39 is 25.7 Å². The van der Waals surface area contributed by atoms with E-state index in [1.54, 1.807) is 93.3 Å². The SMILES string of the molecule is COc1ccccc1-c1nc2n(n1)CCC(CC(=O)c1c(-c3nc(C(F)F)cs3)cnn1C)C2.Cn1ncc(-c2nc(C(F)F)c(C3CC3)s2)c1C(=O)CC1CCn2nc(-c3ccc(F)cc3)nc2C1.Cn1ncc(-c2nc(C(F)F)cs2)c1C(=O)CC1CCn2nc(-c3cccc(F)c3)nc2C1.Cn1ncc(-c2nc(C(F)F)cs2)c1C(=O)CC1CCn2nc(-c3ccccc3F)nc2C1.